The van der Waals surface area contributed by atoms with Crippen molar-refractivity contribution < 1.29 is 14.7 Å². The largest absolute Gasteiger partial charge is 0.480 e. The Morgan fingerprint density at radius 2 is 1.82 bits per heavy atom. The van der Waals surface area contributed by atoms with Crippen molar-refractivity contribution >= 4 is 12.0 Å². The molecule has 1 fully saturated rings. The van der Waals surface area contributed by atoms with Crippen LogP contribution in [0, 0.1) is 0 Å². The van der Waals surface area contributed by atoms with Crippen LogP contribution in [0.25, 0.3) is 0 Å². The maximum Gasteiger partial charge on any atom is 0.323 e. The Hall–Kier alpha value is -1.26. The lowest BCUT2D eigenvalue weighted by molar-refractivity contribution is -0.137. The van der Waals surface area contributed by atoms with Crippen LogP contribution in [-0.4, -0.2) is 53.1 Å². The molecule has 0 saturated heterocycles. The van der Waals surface area contributed by atoms with Gasteiger partial charge in [0.25, 0.3) is 0 Å². The van der Waals surface area contributed by atoms with Crippen molar-refractivity contribution in [2.45, 2.75) is 45.1 Å². The SMILES string of the molecule is CCN(C(=O)N(C)CC(=O)O)C1CCCCC1. The van der Waals surface area contributed by atoms with Gasteiger partial charge < -0.3 is 14.9 Å². The van der Waals surface area contributed by atoms with Crippen LogP contribution < -0.4 is 0 Å². The standard InChI is InChI=1S/C12H22N2O3/c1-3-14(10-7-5-4-6-8-10)12(17)13(2)9-11(15)16/h10H,3-9H2,1-2H3,(H,15,16). The fourth-order valence-corrected chi connectivity index (χ4v) is 2.43. The Kier molecular flexibility index (Phi) is 5.25. The lowest BCUT2D eigenvalue weighted by Gasteiger charge is -2.35. The Labute approximate surface area is 102 Å². The fraction of sp³-hybridized carbons (Fsp3) is 0.833. The second kappa shape index (κ2) is 6.47. The Morgan fingerprint density at radius 1 is 1.24 bits per heavy atom. The highest BCUT2D eigenvalue weighted by molar-refractivity contribution is 5.80. The van der Waals surface area contributed by atoms with Crippen LogP contribution in [0.3, 0.4) is 0 Å². The molecule has 5 nitrogen and oxygen atoms in total. The summed E-state index contributed by atoms with van der Waals surface area (Å²) in [6.07, 6.45) is 5.66. The van der Waals surface area contributed by atoms with Gasteiger partial charge >= 0.3 is 12.0 Å². The van der Waals surface area contributed by atoms with E-state index in [2.05, 4.69) is 0 Å². The third-order valence-electron chi connectivity index (χ3n) is 3.30. The molecule has 1 rings (SSSR count). The minimum Gasteiger partial charge on any atom is -0.480 e. The topological polar surface area (TPSA) is 60.9 Å². The number of carboxylic acid groups (broad SMARTS) is 1. The summed E-state index contributed by atoms with van der Waals surface area (Å²) in [6, 6.07) is 0.124. The zero-order valence-corrected chi connectivity index (χ0v) is 10.7. The van der Waals surface area contributed by atoms with Gasteiger partial charge in [0.15, 0.2) is 0 Å². The van der Waals surface area contributed by atoms with E-state index in [0.717, 1.165) is 25.7 Å². The highest BCUT2D eigenvalue weighted by atomic mass is 16.4. The normalized spacial score (nSPS) is 16.6. The van der Waals surface area contributed by atoms with Crippen LogP contribution in [0.4, 0.5) is 4.79 Å². The first-order chi connectivity index (χ1) is 8.06. The third kappa shape index (κ3) is 3.91. The minimum atomic E-state index is -0.972. The first-order valence-electron chi connectivity index (χ1n) is 6.29. The molecule has 2 amide bonds. The van der Waals surface area contributed by atoms with Gasteiger partial charge in [0.2, 0.25) is 0 Å². The first-order valence-corrected chi connectivity index (χ1v) is 6.29. The quantitative estimate of drug-likeness (QED) is 0.817. The molecule has 1 aliphatic rings. The molecule has 0 bridgehead atoms. The van der Waals surface area contributed by atoms with Crippen LogP contribution in [-0.2, 0) is 4.79 Å². The molecule has 5 heteroatoms. The van der Waals surface area contributed by atoms with Crippen LogP contribution in [0.2, 0.25) is 0 Å². The number of aliphatic carboxylic acids is 1. The van der Waals surface area contributed by atoms with Gasteiger partial charge in [-0.1, -0.05) is 19.3 Å². The monoisotopic (exact) mass is 242 g/mol. The van der Waals surface area contributed by atoms with Crippen molar-refractivity contribution in [3.05, 3.63) is 0 Å². The van der Waals surface area contributed by atoms with E-state index < -0.39 is 5.97 Å². The summed E-state index contributed by atoms with van der Waals surface area (Å²) in [4.78, 5) is 25.8. The van der Waals surface area contributed by atoms with E-state index in [4.69, 9.17) is 5.11 Å². The van der Waals surface area contributed by atoms with Gasteiger partial charge in [0.05, 0.1) is 0 Å². The molecule has 1 saturated carbocycles. The Bertz CT molecular complexity index is 275. The summed E-state index contributed by atoms with van der Waals surface area (Å²) in [6.45, 7) is 2.36. The molecule has 0 unspecified atom stereocenters. The van der Waals surface area contributed by atoms with Crippen molar-refractivity contribution in [3.8, 4) is 0 Å². The summed E-state index contributed by atoms with van der Waals surface area (Å²) in [7, 11) is 1.54. The Balaban J connectivity index is 2.58. The molecule has 0 spiro atoms. The molecule has 0 heterocycles. The summed E-state index contributed by atoms with van der Waals surface area (Å²) >= 11 is 0. The van der Waals surface area contributed by atoms with Gasteiger partial charge in [-0.3, -0.25) is 4.79 Å². The zero-order valence-electron chi connectivity index (χ0n) is 10.7. The highest BCUT2D eigenvalue weighted by Crippen LogP contribution is 2.23. The van der Waals surface area contributed by atoms with Crippen molar-refractivity contribution in [1.29, 1.82) is 0 Å². The predicted octanol–water partition coefficient (Wildman–Crippen LogP) is 1.78. The van der Waals surface area contributed by atoms with Gasteiger partial charge in [-0.2, -0.15) is 0 Å². The molecule has 0 atom stereocenters. The molecule has 0 radical (unpaired) electrons. The fourth-order valence-electron chi connectivity index (χ4n) is 2.43. The lowest BCUT2D eigenvalue weighted by Crippen LogP contribution is -2.48. The molecule has 17 heavy (non-hydrogen) atoms. The first kappa shape index (κ1) is 13.8. The van der Waals surface area contributed by atoms with Crippen molar-refractivity contribution in [3.63, 3.8) is 0 Å². The molecule has 1 aliphatic carbocycles. The number of rotatable bonds is 4. The summed E-state index contributed by atoms with van der Waals surface area (Å²) in [5.41, 5.74) is 0. The number of hydrogen-bond acceptors (Lipinski definition) is 2. The number of nitrogens with zero attached hydrogens (tertiary/aromatic N) is 2. The van der Waals surface area contributed by atoms with E-state index in [1.165, 1.54) is 11.3 Å². The zero-order chi connectivity index (χ0) is 12.8. The van der Waals surface area contributed by atoms with Gasteiger partial charge in [0.1, 0.15) is 6.54 Å². The van der Waals surface area contributed by atoms with Crippen LogP contribution >= 0.6 is 0 Å². The van der Waals surface area contributed by atoms with Gasteiger partial charge in [-0.05, 0) is 19.8 Å². The highest BCUT2D eigenvalue weighted by Gasteiger charge is 2.26. The molecule has 0 aliphatic heterocycles. The maximum absolute atomic E-state index is 12.1. The number of hydrogen-bond donors (Lipinski definition) is 1. The van der Waals surface area contributed by atoms with E-state index in [1.54, 1.807) is 7.05 Å². The second-order valence-corrected chi connectivity index (χ2v) is 4.61. The summed E-state index contributed by atoms with van der Waals surface area (Å²) < 4.78 is 0. The molecule has 98 valence electrons. The van der Waals surface area contributed by atoms with E-state index in [-0.39, 0.29) is 18.6 Å². The van der Waals surface area contributed by atoms with Crippen molar-refractivity contribution in [2.24, 2.45) is 0 Å². The van der Waals surface area contributed by atoms with Crippen molar-refractivity contribution in [1.82, 2.24) is 9.80 Å². The van der Waals surface area contributed by atoms with E-state index in [1.807, 2.05) is 11.8 Å². The van der Waals surface area contributed by atoms with Crippen LogP contribution in [0.5, 0.6) is 0 Å². The minimum absolute atomic E-state index is 0.165. The molecule has 0 aromatic carbocycles. The molecule has 0 aromatic rings. The van der Waals surface area contributed by atoms with Crippen LogP contribution in [0.1, 0.15) is 39.0 Å². The molecular formula is C12H22N2O3. The van der Waals surface area contributed by atoms with E-state index in [0.29, 0.717) is 6.54 Å². The van der Waals surface area contributed by atoms with Crippen LogP contribution in [0.15, 0.2) is 0 Å². The predicted molar refractivity (Wildman–Crippen MR) is 64.9 cm³/mol. The molecule has 1 N–H and O–H groups in total. The average Bonchev–Trinajstić information content (AvgIpc) is 2.30. The molecular weight excluding hydrogens is 220 g/mol. The third-order valence-corrected chi connectivity index (χ3v) is 3.30. The van der Waals surface area contributed by atoms with Gasteiger partial charge in [0, 0.05) is 19.6 Å². The number of carbonyl (C=O) groups excluding carboxylic acids is 1. The van der Waals surface area contributed by atoms with Gasteiger partial charge in [-0.25, -0.2) is 4.79 Å². The number of likely N-dealkylation sites (N-methyl/N-ethyl adjacent to an activating group) is 1. The number of urea groups is 1. The Morgan fingerprint density at radius 3 is 2.29 bits per heavy atom. The lowest BCUT2D eigenvalue weighted by atomic mass is 9.94. The summed E-state index contributed by atoms with van der Waals surface area (Å²) in [5.74, 6) is -0.972. The number of carbonyl (C=O) groups is 2. The summed E-state index contributed by atoms with van der Waals surface area (Å²) in [5, 5.41) is 8.69. The number of carboxylic acids is 1. The number of amides is 2. The molecule has 0 aromatic heterocycles. The van der Waals surface area contributed by atoms with E-state index >= 15 is 0 Å². The second-order valence-electron chi connectivity index (χ2n) is 4.61. The average molecular weight is 242 g/mol. The smallest absolute Gasteiger partial charge is 0.323 e. The van der Waals surface area contributed by atoms with Crippen molar-refractivity contribution in [2.75, 3.05) is 20.1 Å². The van der Waals surface area contributed by atoms with Gasteiger partial charge in [-0.15, -0.1) is 0 Å². The van der Waals surface area contributed by atoms with E-state index in [9.17, 15) is 9.59 Å². The maximum atomic E-state index is 12.1.